The van der Waals surface area contributed by atoms with Crippen molar-refractivity contribution in [2.24, 2.45) is 0 Å². The molecule has 0 radical (unpaired) electrons. The summed E-state index contributed by atoms with van der Waals surface area (Å²) in [6.07, 6.45) is 0. The largest absolute Gasteiger partial charge is 0.673 e. The molecule has 100 valence electrons. The molecular weight excluding hydrogens is 282 g/mol. The number of rotatable bonds is 0. The number of halogens is 9. The molecule has 1 rings (SSSR count). The lowest BCUT2D eigenvalue weighted by molar-refractivity contribution is 0.368. The van der Waals surface area contributed by atoms with E-state index in [2.05, 4.69) is 0 Å². The van der Waals surface area contributed by atoms with Crippen molar-refractivity contribution in [3.63, 3.8) is 0 Å². The zero-order valence-corrected chi connectivity index (χ0v) is 7.87. The van der Waals surface area contributed by atoms with Gasteiger partial charge < -0.3 is 17.3 Å². The first-order valence-electron chi connectivity index (χ1n) is 3.74. The summed E-state index contributed by atoms with van der Waals surface area (Å²) in [6.45, 7) is 0. The maximum atomic E-state index is 12.4. The Labute approximate surface area is 92.7 Å². The second-order valence-corrected chi connectivity index (χ2v) is 2.51. The van der Waals surface area contributed by atoms with Crippen molar-refractivity contribution >= 4 is 12.9 Å². The first-order valence-corrected chi connectivity index (χ1v) is 3.74. The Morgan fingerprint density at radius 3 is 1.11 bits per heavy atom. The monoisotopic (exact) mass is 282 g/mol. The van der Waals surface area contributed by atoms with Gasteiger partial charge in [0, 0.05) is 0 Å². The topological polar surface area (TPSA) is 28.1 Å². The van der Waals surface area contributed by atoms with Gasteiger partial charge in [0.05, 0.1) is 0 Å². The first kappa shape index (κ1) is 16.1. The van der Waals surface area contributed by atoms with Crippen LogP contribution in [0, 0.1) is 34.5 Å². The van der Waals surface area contributed by atoms with E-state index in [0.29, 0.717) is 0 Å². The Hall–Kier alpha value is -1.93. The summed E-state index contributed by atoms with van der Waals surface area (Å²) in [7, 11) is -6.00. The first-order chi connectivity index (χ1) is 8.00. The molecular formula is C6BF9N2. The molecule has 0 unspecified atom stereocenters. The highest BCUT2D eigenvalue weighted by Crippen LogP contribution is 2.28. The molecule has 0 aliphatic carbocycles. The second kappa shape index (κ2) is 5.61. The predicted molar refractivity (Wildman–Crippen MR) is 41.2 cm³/mol. The molecule has 0 saturated heterocycles. The SMILES string of the molecule is F[B-](F)(F)F.N#[N+]c1c(F)c(F)c(F)c(F)c1F. The van der Waals surface area contributed by atoms with E-state index in [1.54, 1.807) is 0 Å². The summed E-state index contributed by atoms with van der Waals surface area (Å²) >= 11 is 0. The Morgan fingerprint density at radius 2 is 0.889 bits per heavy atom. The molecule has 18 heavy (non-hydrogen) atoms. The third-order valence-electron chi connectivity index (χ3n) is 1.29. The van der Waals surface area contributed by atoms with Crippen molar-refractivity contribution in [1.82, 2.24) is 0 Å². The molecule has 1 aromatic carbocycles. The van der Waals surface area contributed by atoms with Crippen molar-refractivity contribution in [1.29, 1.82) is 5.39 Å². The highest BCUT2D eigenvalue weighted by molar-refractivity contribution is 6.50. The fourth-order valence-electron chi connectivity index (χ4n) is 0.681. The van der Waals surface area contributed by atoms with E-state index in [9.17, 15) is 39.2 Å². The maximum absolute atomic E-state index is 12.4. The zero-order valence-electron chi connectivity index (χ0n) is 7.87. The summed E-state index contributed by atoms with van der Waals surface area (Å²) in [5.74, 6) is -10.9. The van der Waals surface area contributed by atoms with Crippen molar-refractivity contribution in [3.8, 4) is 0 Å². The predicted octanol–water partition coefficient (Wildman–Crippen LogP) is 4.17. The zero-order chi connectivity index (χ0) is 14.7. The van der Waals surface area contributed by atoms with Crippen molar-refractivity contribution in [2.75, 3.05) is 0 Å². The molecule has 0 amide bonds. The van der Waals surface area contributed by atoms with Crippen LogP contribution in [-0.2, 0) is 0 Å². The van der Waals surface area contributed by atoms with Crippen LogP contribution in [0.25, 0.3) is 4.98 Å². The summed E-state index contributed by atoms with van der Waals surface area (Å²) in [4.78, 5) is 1.94. The lowest BCUT2D eigenvalue weighted by atomic mass is 10.2. The van der Waals surface area contributed by atoms with Gasteiger partial charge >= 0.3 is 12.9 Å². The van der Waals surface area contributed by atoms with E-state index in [-0.39, 0.29) is 0 Å². The van der Waals surface area contributed by atoms with Crippen LogP contribution in [0.5, 0.6) is 0 Å². The number of hydrogen-bond acceptors (Lipinski definition) is 1. The van der Waals surface area contributed by atoms with Gasteiger partial charge in [0.1, 0.15) is 0 Å². The molecule has 0 saturated carbocycles. The number of hydrogen-bond donors (Lipinski definition) is 0. The molecule has 0 bridgehead atoms. The molecule has 1 aromatic rings. The van der Waals surface area contributed by atoms with Crippen LogP contribution in [0.15, 0.2) is 0 Å². The van der Waals surface area contributed by atoms with Gasteiger partial charge in [0.2, 0.25) is 22.8 Å². The Kier molecular flexibility index (Phi) is 5.01. The van der Waals surface area contributed by atoms with Crippen LogP contribution in [-0.4, -0.2) is 7.25 Å². The van der Waals surface area contributed by atoms with E-state index in [0.717, 1.165) is 0 Å². The summed E-state index contributed by atoms with van der Waals surface area (Å²) < 4.78 is 101. The molecule has 0 aliphatic heterocycles. The third-order valence-corrected chi connectivity index (χ3v) is 1.29. The van der Waals surface area contributed by atoms with Gasteiger partial charge in [-0.25, -0.2) is 13.2 Å². The molecule has 0 heterocycles. The summed E-state index contributed by atoms with van der Waals surface area (Å²) in [6, 6.07) is 0. The molecule has 2 nitrogen and oxygen atoms in total. The Morgan fingerprint density at radius 1 is 0.667 bits per heavy atom. The van der Waals surface area contributed by atoms with Crippen molar-refractivity contribution in [3.05, 3.63) is 34.1 Å². The average molecular weight is 282 g/mol. The molecule has 0 aromatic heterocycles. The minimum absolute atomic E-state index is 1.60. The molecule has 0 aliphatic rings. The van der Waals surface area contributed by atoms with E-state index in [4.69, 9.17) is 5.39 Å². The van der Waals surface area contributed by atoms with Crippen molar-refractivity contribution in [2.45, 2.75) is 0 Å². The summed E-state index contributed by atoms with van der Waals surface area (Å²) in [5.41, 5.74) is -1.60. The van der Waals surface area contributed by atoms with Gasteiger partial charge in [-0.3, -0.25) is 0 Å². The van der Waals surface area contributed by atoms with E-state index in [1.165, 1.54) is 0 Å². The standard InChI is InChI=1S/C6F5N2.BF4/c7-1-2(8)4(10)6(13-12)5(11)3(1)9;2-1(3,4)5/q+1;-1. The van der Waals surface area contributed by atoms with Crippen LogP contribution >= 0.6 is 0 Å². The average Bonchev–Trinajstić information content (AvgIpc) is 2.22. The van der Waals surface area contributed by atoms with Gasteiger partial charge in [-0.15, -0.1) is 0 Å². The Bertz CT molecular complexity index is 456. The van der Waals surface area contributed by atoms with Crippen LogP contribution in [0.3, 0.4) is 0 Å². The molecule has 0 N–H and O–H groups in total. The van der Waals surface area contributed by atoms with Gasteiger partial charge in [-0.05, 0) is 0 Å². The third kappa shape index (κ3) is 4.15. The van der Waals surface area contributed by atoms with Gasteiger partial charge in [0.15, 0.2) is 4.98 Å². The van der Waals surface area contributed by atoms with E-state index in [1.807, 2.05) is 4.98 Å². The normalized spacial score (nSPS) is 10.4. The lowest BCUT2D eigenvalue weighted by Crippen LogP contribution is -2.02. The van der Waals surface area contributed by atoms with Crippen LogP contribution in [0.4, 0.5) is 44.9 Å². The van der Waals surface area contributed by atoms with Crippen LogP contribution < -0.4 is 0 Å². The molecule has 0 fully saturated rings. The summed E-state index contributed by atoms with van der Waals surface area (Å²) in [5, 5.41) is 7.93. The molecule has 0 spiro atoms. The number of nitrogens with zero attached hydrogens (tertiary/aromatic N) is 2. The van der Waals surface area contributed by atoms with Gasteiger partial charge in [-0.2, -0.15) is 8.78 Å². The smallest absolute Gasteiger partial charge is 0.418 e. The second-order valence-electron chi connectivity index (χ2n) is 2.51. The van der Waals surface area contributed by atoms with Crippen LogP contribution in [0.1, 0.15) is 0 Å². The Balaban J connectivity index is 0.000000494. The lowest BCUT2D eigenvalue weighted by Gasteiger charge is -1.94. The van der Waals surface area contributed by atoms with E-state index < -0.39 is 42.0 Å². The maximum Gasteiger partial charge on any atom is 0.673 e. The van der Waals surface area contributed by atoms with Gasteiger partial charge in [0.25, 0.3) is 11.6 Å². The fourth-order valence-corrected chi connectivity index (χ4v) is 0.681. The van der Waals surface area contributed by atoms with E-state index >= 15 is 0 Å². The highest BCUT2D eigenvalue weighted by atomic mass is 19.5. The minimum Gasteiger partial charge on any atom is -0.418 e. The number of benzene rings is 1. The molecule has 0 atom stereocenters. The quantitative estimate of drug-likeness (QED) is 0.231. The van der Waals surface area contributed by atoms with Crippen molar-refractivity contribution < 1.29 is 39.2 Å². The fraction of sp³-hybridized carbons (Fsp3) is 0. The van der Waals surface area contributed by atoms with Crippen LogP contribution in [0.2, 0.25) is 0 Å². The number of diazo groups is 1. The minimum atomic E-state index is -6.00. The highest BCUT2D eigenvalue weighted by Gasteiger charge is 2.34. The molecule has 12 heteroatoms. The van der Waals surface area contributed by atoms with Gasteiger partial charge in [-0.1, -0.05) is 0 Å².